The molecular formula is C28H29N5O. The van der Waals surface area contributed by atoms with E-state index in [0.717, 1.165) is 80.2 Å². The van der Waals surface area contributed by atoms with Crippen LogP contribution in [0.25, 0.3) is 10.9 Å². The zero-order valence-corrected chi connectivity index (χ0v) is 19.4. The summed E-state index contributed by atoms with van der Waals surface area (Å²) in [6, 6.07) is 16.5. The van der Waals surface area contributed by atoms with Crippen molar-refractivity contribution in [2.75, 3.05) is 13.1 Å². The second-order valence-electron chi connectivity index (χ2n) is 9.79. The van der Waals surface area contributed by atoms with Gasteiger partial charge < -0.3 is 10.7 Å². The predicted octanol–water partition coefficient (Wildman–Crippen LogP) is 4.66. The van der Waals surface area contributed by atoms with Crippen LogP contribution in [0.2, 0.25) is 0 Å². The van der Waals surface area contributed by atoms with Gasteiger partial charge in [0.05, 0.1) is 17.2 Å². The smallest absolute Gasteiger partial charge is 0.252 e. The van der Waals surface area contributed by atoms with Crippen LogP contribution in [0.3, 0.4) is 0 Å². The van der Waals surface area contributed by atoms with Crippen LogP contribution < -0.4 is 5.73 Å². The molecule has 6 heteroatoms. The van der Waals surface area contributed by atoms with E-state index in [1.165, 1.54) is 17.5 Å². The van der Waals surface area contributed by atoms with Gasteiger partial charge >= 0.3 is 0 Å². The van der Waals surface area contributed by atoms with Gasteiger partial charge in [-0.3, -0.25) is 9.69 Å². The van der Waals surface area contributed by atoms with Gasteiger partial charge in [0.2, 0.25) is 0 Å². The highest BCUT2D eigenvalue weighted by Crippen LogP contribution is 2.46. The van der Waals surface area contributed by atoms with Crippen molar-refractivity contribution in [3.05, 3.63) is 69.9 Å². The van der Waals surface area contributed by atoms with Crippen LogP contribution in [-0.2, 0) is 18.4 Å². The zero-order chi connectivity index (χ0) is 23.7. The van der Waals surface area contributed by atoms with Crippen LogP contribution in [0.5, 0.6) is 0 Å². The Labute approximate surface area is 200 Å². The lowest BCUT2D eigenvalue weighted by Gasteiger charge is -2.41. The molecule has 2 aromatic carbocycles. The van der Waals surface area contributed by atoms with Crippen molar-refractivity contribution < 1.29 is 4.79 Å². The third-order valence-corrected chi connectivity index (χ3v) is 7.90. The summed E-state index contributed by atoms with van der Waals surface area (Å²) in [5, 5.41) is 19.7. The van der Waals surface area contributed by atoms with Crippen LogP contribution in [0, 0.1) is 22.7 Å². The third-order valence-electron chi connectivity index (χ3n) is 7.90. The van der Waals surface area contributed by atoms with Gasteiger partial charge in [-0.15, -0.1) is 0 Å². The number of nitrogens with one attached hydrogen (secondary N) is 1. The van der Waals surface area contributed by atoms with E-state index in [0.29, 0.717) is 5.56 Å². The fourth-order valence-electron chi connectivity index (χ4n) is 6.15. The fourth-order valence-corrected chi connectivity index (χ4v) is 6.15. The summed E-state index contributed by atoms with van der Waals surface area (Å²) in [5.74, 6) is -0.554. The molecule has 1 aliphatic carbocycles. The lowest BCUT2D eigenvalue weighted by molar-refractivity contribution is 0.100. The summed E-state index contributed by atoms with van der Waals surface area (Å²) in [6.07, 6.45) is 7.67. The summed E-state index contributed by atoms with van der Waals surface area (Å²) in [6.45, 7) is 2.82. The molecule has 1 aromatic heterocycles. The number of aromatic amines is 1. The molecule has 2 heterocycles. The van der Waals surface area contributed by atoms with E-state index in [9.17, 15) is 15.3 Å². The van der Waals surface area contributed by atoms with Crippen LogP contribution in [-0.4, -0.2) is 28.9 Å². The van der Waals surface area contributed by atoms with E-state index < -0.39 is 5.91 Å². The van der Waals surface area contributed by atoms with Crippen molar-refractivity contribution in [3.63, 3.8) is 0 Å². The third kappa shape index (κ3) is 3.85. The average molecular weight is 452 g/mol. The number of nitrogens with two attached hydrogens (primary N) is 1. The second kappa shape index (κ2) is 8.97. The molecule has 0 atom stereocenters. The van der Waals surface area contributed by atoms with Crippen molar-refractivity contribution in [1.82, 2.24) is 9.88 Å². The lowest BCUT2D eigenvalue weighted by Crippen LogP contribution is -2.37. The topological polar surface area (TPSA) is 110 Å². The first-order chi connectivity index (χ1) is 16.5. The lowest BCUT2D eigenvalue weighted by atomic mass is 9.66. The van der Waals surface area contributed by atoms with Gasteiger partial charge in [0, 0.05) is 24.0 Å². The maximum atomic E-state index is 12.4. The maximum absolute atomic E-state index is 12.4. The molecular weight excluding hydrogens is 422 g/mol. The number of nitrogens with zero attached hydrogens (tertiary/aromatic N) is 3. The van der Waals surface area contributed by atoms with Crippen molar-refractivity contribution in [3.8, 4) is 12.1 Å². The van der Waals surface area contributed by atoms with Gasteiger partial charge in [0.15, 0.2) is 0 Å². The number of carbonyl (C=O) groups excluding carboxylic acids is 1. The largest absolute Gasteiger partial charge is 0.365 e. The summed E-state index contributed by atoms with van der Waals surface area (Å²) >= 11 is 0. The van der Waals surface area contributed by atoms with Crippen molar-refractivity contribution in [1.29, 1.82) is 10.5 Å². The molecule has 5 rings (SSSR count). The summed E-state index contributed by atoms with van der Waals surface area (Å²) in [5.41, 5.74) is 11.6. The Morgan fingerprint density at radius 3 is 2.65 bits per heavy atom. The number of carbonyl (C=O) groups is 1. The number of aromatic nitrogens is 1. The van der Waals surface area contributed by atoms with Crippen molar-refractivity contribution in [2.24, 2.45) is 5.73 Å². The SMILES string of the molecule is N#Cc1ccc2c(c1)CN(CCC1(c3cccc4[nH]c(C#N)c(C(N)=O)c34)CCCCC1)CC2. The number of fused-ring (bicyclic) bond motifs is 2. The second-order valence-corrected chi connectivity index (χ2v) is 9.79. The van der Waals surface area contributed by atoms with Gasteiger partial charge in [-0.1, -0.05) is 37.5 Å². The number of amides is 1. The molecule has 0 unspecified atom stereocenters. The summed E-state index contributed by atoms with van der Waals surface area (Å²) < 4.78 is 0. The monoisotopic (exact) mass is 451 g/mol. The standard InChI is InChI=1S/C28H29N5O/c29-16-19-7-8-20-9-13-33(18-21(20)15-19)14-12-28(10-2-1-3-11-28)22-5-4-6-23-25(22)26(27(31)34)24(17-30)32-23/h4-8,15,32H,1-3,9-14,18H2,(H2,31,34). The average Bonchev–Trinajstić information content (AvgIpc) is 3.26. The first kappa shape index (κ1) is 22.2. The molecule has 3 aromatic rings. The highest BCUT2D eigenvalue weighted by Gasteiger charge is 2.37. The molecule has 172 valence electrons. The number of H-pyrrole nitrogens is 1. The molecule has 0 radical (unpaired) electrons. The molecule has 0 spiro atoms. The minimum absolute atomic E-state index is 0.0499. The molecule has 2 aliphatic rings. The molecule has 0 bridgehead atoms. The molecule has 34 heavy (non-hydrogen) atoms. The normalized spacial score (nSPS) is 17.6. The Hall–Kier alpha value is -3.61. The molecule has 1 saturated carbocycles. The van der Waals surface area contributed by atoms with E-state index in [1.807, 2.05) is 24.3 Å². The minimum Gasteiger partial charge on any atom is -0.365 e. The van der Waals surface area contributed by atoms with Crippen LogP contribution >= 0.6 is 0 Å². The minimum atomic E-state index is -0.554. The molecule has 1 amide bonds. The number of nitriles is 2. The molecule has 6 nitrogen and oxygen atoms in total. The predicted molar refractivity (Wildman–Crippen MR) is 131 cm³/mol. The quantitative estimate of drug-likeness (QED) is 0.588. The fraction of sp³-hybridized carbons (Fsp3) is 0.393. The van der Waals surface area contributed by atoms with E-state index in [4.69, 9.17) is 5.73 Å². The zero-order valence-electron chi connectivity index (χ0n) is 19.4. The van der Waals surface area contributed by atoms with Crippen LogP contribution in [0.15, 0.2) is 36.4 Å². The Balaban J connectivity index is 1.48. The molecule has 1 aliphatic heterocycles. The number of hydrogen-bond donors (Lipinski definition) is 2. The Morgan fingerprint density at radius 2 is 1.91 bits per heavy atom. The summed E-state index contributed by atoms with van der Waals surface area (Å²) in [7, 11) is 0. The first-order valence-corrected chi connectivity index (χ1v) is 12.1. The van der Waals surface area contributed by atoms with Crippen molar-refractivity contribution >= 4 is 16.8 Å². The van der Waals surface area contributed by atoms with E-state index >= 15 is 0 Å². The summed E-state index contributed by atoms with van der Waals surface area (Å²) in [4.78, 5) is 18.0. The number of primary amides is 1. The van der Waals surface area contributed by atoms with Crippen molar-refractivity contribution in [2.45, 2.75) is 56.9 Å². The van der Waals surface area contributed by atoms with E-state index in [2.05, 4.69) is 34.2 Å². The number of benzene rings is 2. The first-order valence-electron chi connectivity index (χ1n) is 12.1. The highest BCUT2D eigenvalue weighted by atomic mass is 16.1. The number of hydrogen-bond acceptors (Lipinski definition) is 4. The van der Waals surface area contributed by atoms with Crippen LogP contribution in [0.4, 0.5) is 0 Å². The molecule has 1 fully saturated rings. The molecule has 0 saturated heterocycles. The Bertz CT molecular complexity index is 1330. The van der Waals surface area contributed by atoms with Gasteiger partial charge in [0.25, 0.3) is 5.91 Å². The van der Waals surface area contributed by atoms with Gasteiger partial charge in [-0.2, -0.15) is 10.5 Å². The Kier molecular flexibility index (Phi) is 5.86. The van der Waals surface area contributed by atoms with E-state index in [-0.39, 0.29) is 11.1 Å². The van der Waals surface area contributed by atoms with Crippen LogP contribution in [0.1, 0.15) is 76.8 Å². The Morgan fingerprint density at radius 1 is 1.09 bits per heavy atom. The van der Waals surface area contributed by atoms with E-state index in [1.54, 1.807) is 0 Å². The highest BCUT2D eigenvalue weighted by molar-refractivity contribution is 6.09. The number of rotatable bonds is 5. The van der Waals surface area contributed by atoms with Gasteiger partial charge in [-0.05, 0) is 72.5 Å². The molecule has 3 N–H and O–H groups in total. The maximum Gasteiger partial charge on any atom is 0.252 e. The van der Waals surface area contributed by atoms with Gasteiger partial charge in [0.1, 0.15) is 11.8 Å². The van der Waals surface area contributed by atoms with Gasteiger partial charge in [-0.25, -0.2) is 0 Å².